The maximum atomic E-state index is 12.7. The fourth-order valence-electron chi connectivity index (χ4n) is 3.21. The average molecular weight is 316 g/mol. The Hall–Kier alpha value is -2.22. The lowest BCUT2D eigenvalue weighted by atomic mass is 10.1. The topological polar surface area (TPSA) is 88.9 Å². The Morgan fingerprint density at radius 2 is 2.35 bits per heavy atom. The van der Waals surface area contributed by atoms with Crippen molar-refractivity contribution >= 4 is 5.91 Å². The highest BCUT2D eigenvalue weighted by Gasteiger charge is 2.47. The molecule has 0 bridgehead atoms. The molecular formula is C15H20N6O2. The molecule has 0 radical (unpaired) electrons. The standard InChI is InChI=1S/C15H20N6O2/c1-9-17-14(19-18-9)13-8-21(3-4-23-13)15(22)12-5-11(12)10-6-16-20(2)7-10/h6-7,11-13H,3-5,8H2,1-2H3,(H,17,18,19)/t11-,12+,13+/m1/s1. The zero-order valence-electron chi connectivity index (χ0n) is 13.3. The van der Waals surface area contributed by atoms with Gasteiger partial charge in [-0.05, 0) is 24.8 Å². The summed E-state index contributed by atoms with van der Waals surface area (Å²) in [5.74, 6) is 1.97. The number of morpholine rings is 1. The third kappa shape index (κ3) is 2.74. The van der Waals surface area contributed by atoms with Crippen LogP contribution in [0.3, 0.4) is 0 Å². The van der Waals surface area contributed by atoms with Gasteiger partial charge in [-0.1, -0.05) is 0 Å². The molecule has 0 unspecified atom stereocenters. The number of carbonyl (C=O) groups is 1. The number of hydrogen-bond acceptors (Lipinski definition) is 5. The lowest BCUT2D eigenvalue weighted by molar-refractivity contribution is -0.140. The smallest absolute Gasteiger partial charge is 0.226 e. The highest BCUT2D eigenvalue weighted by Crippen LogP contribution is 2.48. The Morgan fingerprint density at radius 1 is 1.48 bits per heavy atom. The lowest BCUT2D eigenvalue weighted by Gasteiger charge is -2.31. The number of aromatic nitrogens is 5. The van der Waals surface area contributed by atoms with Crippen LogP contribution in [0.4, 0.5) is 0 Å². The summed E-state index contributed by atoms with van der Waals surface area (Å²) in [5.41, 5.74) is 1.15. The minimum atomic E-state index is -0.242. The van der Waals surface area contributed by atoms with Crippen LogP contribution in [0.5, 0.6) is 0 Å². The summed E-state index contributed by atoms with van der Waals surface area (Å²) in [6, 6.07) is 0. The van der Waals surface area contributed by atoms with E-state index in [9.17, 15) is 4.79 Å². The first kappa shape index (κ1) is 14.4. The number of nitrogens with one attached hydrogen (secondary N) is 1. The van der Waals surface area contributed by atoms with E-state index in [0.717, 1.165) is 17.8 Å². The Morgan fingerprint density at radius 3 is 3.04 bits per heavy atom. The molecule has 3 atom stereocenters. The van der Waals surface area contributed by atoms with Gasteiger partial charge in [0.2, 0.25) is 5.91 Å². The molecule has 23 heavy (non-hydrogen) atoms. The largest absolute Gasteiger partial charge is 0.366 e. The number of carbonyl (C=O) groups excluding carboxylic acids is 1. The average Bonchev–Trinajstić information content (AvgIpc) is 3.04. The fourth-order valence-corrected chi connectivity index (χ4v) is 3.21. The number of aromatic amines is 1. The van der Waals surface area contributed by atoms with Gasteiger partial charge in [0.1, 0.15) is 11.9 Å². The molecule has 1 aliphatic heterocycles. The van der Waals surface area contributed by atoms with Crippen LogP contribution in [0.25, 0.3) is 0 Å². The molecule has 4 rings (SSSR count). The first-order chi connectivity index (χ1) is 11.1. The van der Waals surface area contributed by atoms with Crippen LogP contribution in [0.15, 0.2) is 12.4 Å². The zero-order valence-corrected chi connectivity index (χ0v) is 13.3. The van der Waals surface area contributed by atoms with Crippen molar-refractivity contribution in [3.8, 4) is 0 Å². The second kappa shape index (κ2) is 5.45. The Bertz CT molecular complexity index is 723. The van der Waals surface area contributed by atoms with Crippen molar-refractivity contribution in [3.63, 3.8) is 0 Å². The van der Waals surface area contributed by atoms with Crippen LogP contribution in [-0.2, 0) is 16.6 Å². The van der Waals surface area contributed by atoms with E-state index in [1.165, 1.54) is 0 Å². The highest BCUT2D eigenvalue weighted by atomic mass is 16.5. The van der Waals surface area contributed by atoms with E-state index in [-0.39, 0.29) is 17.9 Å². The van der Waals surface area contributed by atoms with Gasteiger partial charge < -0.3 is 9.64 Å². The van der Waals surface area contributed by atoms with Gasteiger partial charge in [0.15, 0.2) is 5.82 Å². The predicted octanol–water partition coefficient (Wildman–Crippen LogP) is 0.550. The number of rotatable bonds is 3. The van der Waals surface area contributed by atoms with Gasteiger partial charge >= 0.3 is 0 Å². The monoisotopic (exact) mass is 316 g/mol. The fraction of sp³-hybridized carbons (Fsp3) is 0.600. The number of ether oxygens (including phenoxy) is 1. The van der Waals surface area contributed by atoms with E-state index in [0.29, 0.717) is 31.4 Å². The van der Waals surface area contributed by atoms with E-state index >= 15 is 0 Å². The minimum Gasteiger partial charge on any atom is -0.366 e. The summed E-state index contributed by atoms with van der Waals surface area (Å²) >= 11 is 0. The summed E-state index contributed by atoms with van der Waals surface area (Å²) in [5, 5.41) is 11.2. The van der Waals surface area contributed by atoms with Crippen molar-refractivity contribution in [2.24, 2.45) is 13.0 Å². The normalized spacial score (nSPS) is 27.2. The van der Waals surface area contributed by atoms with Gasteiger partial charge in [0, 0.05) is 25.7 Å². The minimum absolute atomic E-state index is 0.0758. The summed E-state index contributed by atoms with van der Waals surface area (Å²) < 4.78 is 7.50. The van der Waals surface area contributed by atoms with E-state index < -0.39 is 0 Å². The number of nitrogens with zero attached hydrogens (tertiary/aromatic N) is 5. The third-order valence-electron chi connectivity index (χ3n) is 4.54. The van der Waals surface area contributed by atoms with E-state index in [1.807, 2.05) is 31.3 Å². The molecule has 1 saturated heterocycles. The van der Waals surface area contributed by atoms with Gasteiger partial charge in [0.25, 0.3) is 0 Å². The second-order valence-corrected chi connectivity index (χ2v) is 6.32. The van der Waals surface area contributed by atoms with Gasteiger partial charge in [0.05, 0.1) is 19.3 Å². The first-order valence-corrected chi connectivity index (χ1v) is 7.89. The molecule has 2 fully saturated rings. The molecule has 2 aromatic heterocycles. The molecule has 1 aliphatic carbocycles. The second-order valence-electron chi connectivity index (χ2n) is 6.32. The Labute approximate surface area is 133 Å². The van der Waals surface area contributed by atoms with E-state index in [2.05, 4.69) is 20.3 Å². The van der Waals surface area contributed by atoms with E-state index in [4.69, 9.17) is 4.74 Å². The van der Waals surface area contributed by atoms with Crippen LogP contribution in [-0.4, -0.2) is 55.5 Å². The molecule has 1 saturated carbocycles. The van der Waals surface area contributed by atoms with Gasteiger partial charge in [-0.15, -0.1) is 0 Å². The molecule has 2 aromatic rings. The molecular weight excluding hydrogens is 296 g/mol. The zero-order chi connectivity index (χ0) is 16.0. The SMILES string of the molecule is Cc1nc([C@@H]2CN(C(=O)[C@H]3C[C@@H]3c3cnn(C)c3)CCO2)n[nH]1. The van der Waals surface area contributed by atoms with Crippen molar-refractivity contribution in [2.45, 2.75) is 25.4 Å². The number of H-pyrrole nitrogens is 1. The molecule has 122 valence electrons. The van der Waals surface area contributed by atoms with Crippen LogP contribution in [0.1, 0.15) is 35.7 Å². The van der Waals surface area contributed by atoms with Gasteiger partial charge in [-0.25, -0.2) is 4.98 Å². The Kier molecular flexibility index (Phi) is 3.41. The van der Waals surface area contributed by atoms with Gasteiger partial charge in [-0.3, -0.25) is 14.6 Å². The molecule has 1 N–H and O–H groups in total. The van der Waals surface area contributed by atoms with Crippen LogP contribution >= 0.6 is 0 Å². The van der Waals surface area contributed by atoms with Crippen molar-refractivity contribution in [2.75, 3.05) is 19.7 Å². The Balaban J connectivity index is 1.41. The summed E-state index contributed by atoms with van der Waals surface area (Å²) in [6.07, 6.45) is 4.52. The summed E-state index contributed by atoms with van der Waals surface area (Å²) in [4.78, 5) is 18.9. The summed E-state index contributed by atoms with van der Waals surface area (Å²) in [7, 11) is 1.90. The lowest BCUT2D eigenvalue weighted by Crippen LogP contribution is -2.43. The molecule has 8 heteroatoms. The maximum absolute atomic E-state index is 12.7. The molecule has 3 heterocycles. The van der Waals surface area contributed by atoms with Crippen molar-refractivity contribution < 1.29 is 9.53 Å². The van der Waals surface area contributed by atoms with Crippen molar-refractivity contribution in [1.82, 2.24) is 29.9 Å². The van der Waals surface area contributed by atoms with Crippen LogP contribution < -0.4 is 0 Å². The maximum Gasteiger partial charge on any atom is 0.226 e. The van der Waals surface area contributed by atoms with Crippen LogP contribution in [0.2, 0.25) is 0 Å². The van der Waals surface area contributed by atoms with Crippen molar-refractivity contribution in [1.29, 1.82) is 0 Å². The highest BCUT2D eigenvalue weighted by molar-refractivity contribution is 5.83. The molecule has 8 nitrogen and oxygen atoms in total. The molecule has 0 spiro atoms. The number of aryl methyl sites for hydroxylation is 2. The molecule has 2 aliphatic rings. The number of amides is 1. The summed E-state index contributed by atoms with van der Waals surface area (Å²) in [6.45, 7) is 3.53. The first-order valence-electron chi connectivity index (χ1n) is 7.89. The van der Waals surface area contributed by atoms with E-state index in [1.54, 1.807) is 4.68 Å². The quantitative estimate of drug-likeness (QED) is 0.893. The van der Waals surface area contributed by atoms with Crippen molar-refractivity contribution in [3.05, 3.63) is 29.6 Å². The number of hydrogen-bond donors (Lipinski definition) is 1. The van der Waals surface area contributed by atoms with Gasteiger partial charge in [-0.2, -0.15) is 10.2 Å². The third-order valence-corrected chi connectivity index (χ3v) is 4.54. The van der Waals surface area contributed by atoms with Crippen LogP contribution in [0, 0.1) is 12.8 Å². The molecule has 1 amide bonds. The predicted molar refractivity (Wildman–Crippen MR) is 80.4 cm³/mol. The molecule has 0 aromatic carbocycles.